The first-order valence-corrected chi connectivity index (χ1v) is 8.40. The molecule has 1 saturated heterocycles. The van der Waals surface area contributed by atoms with Crippen molar-refractivity contribution in [3.63, 3.8) is 0 Å². The maximum atomic E-state index is 11.7. The van der Waals surface area contributed by atoms with Crippen LogP contribution in [-0.2, 0) is 20.9 Å². The molecule has 1 fully saturated rings. The Kier molecular flexibility index (Phi) is 6.08. The van der Waals surface area contributed by atoms with Crippen LogP contribution in [0.4, 0.5) is 0 Å². The van der Waals surface area contributed by atoms with Gasteiger partial charge in [-0.3, -0.25) is 4.79 Å². The molecule has 0 unspecified atom stereocenters. The zero-order valence-corrected chi connectivity index (χ0v) is 13.5. The van der Waals surface area contributed by atoms with Crippen molar-refractivity contribution >= 4 is 17.7 Å². The number of carbonyl (C=O) groups excluding carboxylic acids is 1. The molecule has 0 aromatic carbocycles. The maximum Gasteiger partial charge on any atom is 0.230 e. The molecular weight excluding hydrogens is 292 g/mol. The van der Waals surface area contributed by atoms with Gasteiger partial charge in [-0.15, -0.1) is 0 Å². The van der Waals surface area contributed by atoms with Gasteiger partial charge >= 0.3 is 0 Å². The molecule has 118 valence electrons. The summed E-state index contributed by atoms with van der Waals surface area (Å²) in [5.41, 5.74) is 1.81. The molecule has 1 amide bonds. The predicted octanol–water partition coefficient (Wildman–Crippen LogP) is 1.44. The largest absolute Gasteiger partial charge is 0.379 e. The van der Waals surface area contributed by atoms with E-state index in [9.17, 15) is 4.79 Å². The van der Waals surface area contributed by atoms with Crippen LogP contribution in [0.1, 0.15) is 23.4 Å². The minimum absolute atomic E-state index is 0.00104. The van der Waals surface area contributed by atoms with Gasteiger partial charge in [0, 0.05) is 12.2 Å². The Bertz CT molecular complexity index is 458. The molecule has 21 heavy (non-hydrogen) atoms. The zero-order chi connectivity index (χ0) is 15.2. The van der Waals surface area contributed by atoms with E-state index in [4.69, 9.17) is 14.0 Å². The Morgan fingerprint density at radius 2 is 2.33 bits per heavy atom. The molecule has 1 aliphatic heterocycles. The van der Waals surface area contributed by atoms with Crippen LogP contribution in [0.3, 0.4) is 0 Å². The van der Waals surface area contributed by atoms with Gasteiger partial charge in [-0.25, -0.2) is 0 Å². The Hall–Kier alpha value is -1.05. The fourth-order valence-corrected chi connectivity index (χ4v) is 2.66. The van der Waals surface area contributed by atoms with E-state index in [1.165, 1.54) is 11.8 Å². The summed E-state index contributed by atoms with van der Waals surface area (Å²) in [6.45, 7) is 5.32. The fourth-order valence-electron chi connectivity index (χ4n) is 2.32. The number of rotatable bonds is 6. The molecule has 1 aliphatic rings. The van der Waals surface area contributed by atoms with E-state index in [1.54, 1.807) is 0 Å². The highest BCUT2D eigenvalue weighted by Crippen LogP contribution is 2.18. The number of nitrogens with zero attached hydrogens (tertiary/aromatic N) is 1. The lowest BCUT2D eigenvalue weighted by atomic mass is 10.1. The normalized spacial score (nSPS) is 22.2. The number of thioether (sulfide) groups is 1. The minimum Gasteiger partial charge on any atom is -0.379 e. The number of hydrogen-bond acceptors (Lipinski definition) is 6. The summed E-state index contributed by atoms with van der Waals surface area (Å²) in [6.07, 6.45) is 2.54. The molecule has 0 radical (unpaired) electrons. The van der Waals surface area contributed by atoms with Crippen LogP contribution in [0.25, 0.3) is 0 Å². The van der Waals surface area contributed by atoms with E-state index >= 15 is 0 Å². The van der Waals surface area contributed by atoms with E-state index in [2.05, 4.69) is 10.5 Å². The van der Waals surface area contributed by atoms with Crippen LogP contribution in [0.5, 0.6) is 0 Å². The lowest BCUT2D eigenvalue weighted by Gasteiger charge is -2.32. The SMILES string of the molecule is CSCC(=O)N[C@@H]1CCOC[C@H]1OCc1c(C)noc1C. The van der Waals surface area contributed by atoms with Gasteiger partial charge in [0.05, 0.1) is 30.7 Å². The summed E-state index contributed by atoms with van der Waals surface area (Å²) >= 11 is 1.51. The first-order chi connectivity index (χ1) is 10.1. The Balaban J connectivity index is 1.91. The lowest BCUT2D eigenvalue weighted by Crippen LogP contribution is -2.50. The van der Waals surface area contributed by atoms with E-state index in [-0.39, 0.29) is 18.1 Å². The van der Waals surface area contributed by atoms with Gasteiger partial charge in [0.2, 0.25) is 5.91 Å². The number of amides is 1. The highest BCUT2D eigenvalue weighted by molar-refractivity contribution is 7.99. The van der Waals surface area contributed by atoms with E-state index < -0.39 is 0 Å². The summed E-state index contributed by atoms with van der Waals surface area (Å²) in [5.74, 6) is 1.28. The highest BCUT2D eigenvalue weighted by atomic mass is 32.2. The van der Waals surface area contributed by atoms with Gasteiger partial charge in [-0.05, 0) is 26.5 Å². The first kappa shape index (κ1) is 16.3. The second kappa shape index (κ2) is 7.82. The van der Waals surface area contributed by atoms with Crippen molar-refractivity contribution in [3.8, 4) is 0 Å². The van der Waals surface area contributed by atoms with Crippen LogP contribution >= 0.6 is 11.8 Å². The maximum absolute atomic E-state index is 11.7. The molecule has 0 saturated carbocycles. The molecule has 6 nitrogen and oxygen atoms in total. The molecule has 0 aliphatic carbocycles. The number of nitrogens with one attached hydrogen (secondary N) is 1. The highest BCUT2D eigenvalue weighted by Gasteiger charge is 2.28. The van der Waals surface area contributed by atoms with Crippen LogP contribution in [0.2, 0.25) is 0 Å². The average Bonchev–Trinajstić information content (AvgIpc) is 2.77. The zero-order valence-electron chi connectivity index (χ0n) is 12.7. The molecule has 7 heteroatoms. The van der Waals surface area contributed by atoms with Crippen molar-refractivity contribution in [3.05, 3.63) is 17.0 Å². The van der Waals surface area contributed by atoms with Gasteiger partial charge in [0.1, 0.15) is 11.9 Å². The van der Waals surface area contributed by atoms with Crippen molar-refractivity contribution in [1.29, 1.82) is 0 Å². The monoisotopic (exact) mass is 314 g/mol. The van der Waals surface area contributed by atoms with Crippen molar-refractivity contribution in [1.82, 2.24) is 10.5 Å². The van der Waals surface area contributed by atoms with Crippen molar-refractivity contribution in [2.24, 2.45) is 0 Å². The Labute approximate surface area is 128 Å². The van der Waals surface area contributed by atoms with Gasteiger partial charge in [0.25, 0.3) is 0 Å². The number of ether oxygens (including phenoxy) is 2. The summed E-state index contributed by atoms with van der Waals surface area (Å²) in [4.78, 5) is 11.7. The van der Waals surface area contributed by atoms with E-state index in [0.717, 1.165) is 23.4 Å². The summed E-state index contributed by atoms with van der Waals surface area (Å²) in [7, 11) is 0. The third-order valence-corrected chi connectivity index (χ3v) is 4.10. The fraction of sp³-hybridized carbons (Fsp3) is 0.714. The number of aromatic nitrogens is 1. The van der Waals surface area contributed by atoms with Gasteiger partial charge in [-0.1, -0.05) is 5.16 Å². The topological polar surface area (TPSA) is 73.6 Å². The second-order valence-electron chi connectivity index (χ2n) is 5.12. The molecule has 1 aromatic rings. The second-order valence-corrected chi connectivity index (χ2v) is 5.99. The van der Waals surface area contributed by atoms with Crippen molar-refractivity contribution in [2.75, 3.05) is 25.2 Å². The van der Waals surface area contributed by atoms with Crippen molar-refractivity contribution < 1.29 is 18.8 Å². The lowest BCUT2D eigenvalue weighted by molar-refractivity contribution is -0.124. The van der Waals surface area contributed by atoms with E-state index in [1.807, 2.05) is 20.1 Å². The van der Waals surface area contributed by atoms with E-state index in [0.29, 0.717) is 25.6 Å². The van der Waals surface area contributed by atoms with Crippen LogP contribution in [0.15, 0.2) is 4.52 Å². The molecule has 0 bridgehead atoms. The number of aryl methyl sites for hydroxylation is 2. The number of hydrogen-bond donors (Lipinski definition) is 1. The standard InChI is InChI=1S/C14H22N2O4S/c1-9-11(10(2)20-16-9)6-19-13-7-18-5-4-12(13)15-14(17)8-21-3/h12-13H,4-8H2,1-3H3,(H,15,17)/t12-,13-/m1/s1. The van der Waals surface area contributed by atoms with Gasteiger partial charge < -0.3 is 19.3 Å². The quantitative estimate of drug-likeness (QED) is 0.856. The van der Waals surface area contributed by atoms with Crippen LogP contribution in [0, 0.1) is 13.8 Å². The van der Waals surface area contributed by atoms with Crippen molar-refractivity contribution in [2.45, 2.75) is 39.0 Å². The summed E-state index contributed by atoms with van der Waals surface area (Å²) in [5, 5.41) is 6.94. The Morgan fingerprint density at radius 3 is 3.00 bits per heavy atom. The van der Waals surface area contributed by atoms with Crippen LogP contribution < -0.4 is 5.32 Å². The molecular formula is C14H22N2O4S. The van der Waals surface area contributed by atoms with Gasteiger partial charge in [0.15, 0.2) is 0 Å². The van der Waals surface area contributed by atoms with Gasteiger partial charge in [-0.2, -0.15) is 11.8 Å². The molecule has 0 spiro atoms. The summed E-state index contributed by atoms with van der Waals surface area (Å²) in [6, 6.07) is -0.00104. The molecule has 2 heterocycles. The third-order valence-electron chi connectivity index (χ3n) is 3.55. The Morgan fingerprint density at radius 1 is 1.52 bits per heavy atom. The predicted molar refractivity (Wildman–Crippen MR) is 80.3 cm³/mol. The van der Waals surface area contributed by atoms with Crippen LogP contribution in [-0.4, -0.2) is 48.4 Å². The third kappa shape index (κ3) is 4.46. The average molecular weight is 314 g/mol. The molecule has 2 atom stereocenters. The molecule has 1 N–H and O–H groups in total. The molecule has 2 rings (SSSR count). The number of carbonyl (C=O) groups is 1. The summed E-state index contributed by atoms with van der Waals surface area (Å²) < 4.78 is 16.5. The molecule has 1 aromatic heterocycles. The minimum atomic E-state index is -0.141. The smallest absolute Gasteiger partial charge is 0.230 e. The first-order valence-electron chi connectivity index (χ1n) is 7.01.